The minimum Gasteiger partial charge on any atom is -0.477 e. The minimum atomic E-state index is -5.79. The third kappa shape index (κ3) is 24.6. The average molecular weight is 1940 g/mol. The molecule has 0 aromatic heterocycles. The Bertz CT molecular complexity index is 3790. The molecular weight excluding hydrogens is 1820 g/mol. The zero-order valence-corrected chi connectivity index (χ0v) is 71.0. The van der Waals surface area contributed by atoms with Gasteiger partial charge in [-0.3, -0.25) is 23.7 Å². The molecule has 0 spiro atoms. The Balaban J connectivity index is 1.02. The van der Waals surface area contributed by atoms with E-state index in [9.17, 15) is 175 Å². The smallest absolute Gasteiger partial charge is 0.397 e. The van der Waals surface area contributed by atoms with Crippen molar-refractivity contribution >= 4 is 40.0 Å². The van der Waals surface area contributed by atoms with Crippen molar-refractivity contribution < 1.29 is 269 Å². The van der Waals surface area contributed by atoms with Gasteiger partial charge in [-0.2, -0.15) is 8.42 Å². The van der Waals surface area contributed by atoms with Gasteiger partial charge in [0.1, 0.15) is 226 Å². The van der Waals surface area contributed by atoms with E-state index in [1.807, 2.05) is 0 Å². The second-order valence-electron chi connectivity index (χ2n) is 32.9. The van der Waals surface area contributed by atoms with E-state index in [0.29, 0.717) is 0 Å². The molecule has 0 aromatic carbocycles. The highest BCUT2D eigenvalue weighted by Crippen LogP contribution is 2.43. The molecular formula is C71H118N4O55S. The second kappa shape index (κ2) is 46.0. The first-order valence-electron chi connectivity index (χ1n) is 41.1. The average Bonchev–Trinajstić information content (AvgIpc) is 0.744. The van der Waals surface area contributed by atoms with Crippen LogP contribution in [-0.2, 0) is 129 Å². The van der Waals surface area contributed by atoms with Crippen LogP contribution in [0.5, 0.6) is 0 Å². The lowest BCUT2D eigenvalue weighted by Gasteiger charge is -2.53. The topological polar surface area (TPSA) is 919 Å². The normalized spacial score (nSPS) is 47.7. The fraction of sp³-hybridized carbons (Fsp3) is 0.930. The van der Waals surface area contributed by atoms with Gasteiger partial charge in [0.15, 0.2) is 56.6 Å². The molecule has 0 radical (unpaired) electrons. The Kier molecular flexibility index (Phi) is 38.1. The number of carbonyl (C=O) groups is 5. The SMILES string of the molecule is CC(=O)N[C@@H]1[C@@H](O)[C@H](O[C@@H]2O[C@H](CO)[C@@H](O[C@@H]3O[C@H](CO[C@H]4O[C@H](CO)[C@@H](O)[C@H](O)[C@@H]4O)[C@@H](O)[C@H](O[C@H]4O[C@H](CO)[C@@H](O)[C@H](O)[C@@H]4O[C@@H]4O[C@H](COS(=O)(=O)O)[C@@H](O[C@@H]5O[C@H](CO)[C@H](O)[C@H](O[C@]6(C(=O)O)C[C@H](O)[C@@H](NC(C)=O)[C@H]([C@H](O)[C@H](O)CO)O6)[C@H]5O)[C@H](O[C@@H]5O[C@@H](C)[C@@H](O)[C@@H](O)[C@@H]5O)[C@H]4NC(C)=O)[C@@H]3O)[C@H](O)[C@H]2NC(C)=O)[C@@H](CO[C@@H]2O[C@@H](C)[C@@H](O)[C@@H](O)[C@@H]2O)O[C@H]1O. The van der Waals surface area contributed by atoms with Crippen molar-refractivity contribution in [2.45, 2.75) is 360 Å². The highest BCUT2D eigenvalue weighted by atomic mass is 32.3. The molecule has 0 unspecified atom stereocenters. The van der Waals surface area contributed by atoms with E-state index in [1.54, 1.807) is 0 Å². The fourth-order valence-corrected chi connectivity index (χ4v) is 16.9. The standard InChI is InChI=1S/C71H118N4O55S/c1-16-35(87)44(96)48(100)64(114-16)112-14-29-54(42(94)32(61(105)116-29)73-19(4)82)123-62-33(74-20(5)83)43(95)53(27(12-80)120-62)124-67-51(103)58(41(93)28(121-67)13-111-65-49(101)46(98)38(90)24(9-77)117-65)127-69-60(47(99)39(91)25(10-78)119-69)128-63-34(75-21(6)84)57(126-66-50(102)45(97)36(88)17(2)115-66)55(30(122-63)15-113-131(108,109)110)125-68-52(104)59(40(92)26(11-79)118-68)130-71(70(106)107)7-22(85)31(72-18(3)81)56(129-71)37(89)23(86)8-76/h16-17,22-69,76-80,85-105H,7-15H2,1-6H3,(H,72,81)(H,73,82)(H,74,83)(H,75,84)(H,106,107)(H,108,109,110)/t16-,17-,22-,23+,24+,25+,26+,27+,28+,29+,30+,31+,32+,33+,34+,35+,36+,37+,38+,39+,40-,41+,42+,43+,44+,45+,46-,47-,48-,49-,50-,51-,52+,53+,54+,55+,56+,57+,58-,59-,60-,61+,62-,63-,64+,65-,66-,67-,68-,69+,71-/m0/s1. The van der Waals surface area contributed by atoms with E-state index in [0.717, 1.165) is 34.6 Å². The number of aliphatic hydroxyl groups is 26. The number of carboxylic acid groups (broad SMARTS) is 1. The highest BCUT2D eigenvalue weighted by Gasteiger charge is 2.64. The summed E-state index contributed by atoms with van der Waals surface area (Å²) < 4.78 is 154. The summed E-state index contributed by atoms with van der Waals surface area (Å²) in [5.41, 5.74) is 0. The Morgan fingerprint density at radius 2 is 0.748 bits per heavy atom. The number of ether oxygens (including phenoxy) is 19. The summed E-state index contributed by atoms with van der Waals surface area (Å²) in [6, 6.07) is -8.06. The van der Waals surface area contributed by atoms with Crippen molar-refractivity contribution in [1.29, 1.82) is 0 Å². The van der Waals surface area contributed by atoms with Gasteiger partial charge >= 0.3 is 16.4 Å². The van der Waals surface area contributed by atoms with E-state index >= 15 is 0 Å². The minimum absolute atomic E-state index is 0.773. The van der Waals surface area contributed by atoms with Crippen LogP contribution in [0.3, 0.4) is 0 Å². The van der Waals surface area contributed by atoms with Crippen molar-refractivity contribution in [2.75, 3.05) is 52.9 Å². The first-order chi connectivity index (χ1) is 61.4. The van der Waals surface area contributed by atoms with Crippen LogP contribution in [-0.4, -0.2) is 546 Å². The Hall–Kier alpha value is -4.58. The molecule has 4 amide bonds. The van der Waals surface area contributed by atoms with Crippen LogP contribution >= 0.6 is 0 Å². The van der Waals surface area contributed by atoms with Crippen molar-refractivity contribution in [3.8, 4) is 0 Å². The highest BCUT2D eigenvalue weighted by molar-refractivity contribution is 7.80. The van der Waals surface area contributed by atoms with Gasteiger partial charge in [-0.1, -0.05) is 0 Å². The quantitative estimate of drug-likeness (QED) is 0.0262. The summed E-state index contributed by atoms with van der Waals surface area (Å²) >= 11 is 0. The number of aliphatic hydroxyl groups excluding tert-OH is 26. The van der Waals surface area contributed by atoms with Crippen LogP contribution in [0.1, 0.15) is 48.0 Å². The van der Waals surface area contributed by atoms with Crippen molar-refractivity contribution in [2.24, 2.45) is 0 Å². The van der Waals surface area contributed by atoms with Crippen LogP contribution in [0.2, 0.25) is 0 Å². The van der Waals surface area contributed by atoms with Crippen molar-refractivity contribution in [3.05, 3.63) is 0 Å². The van der Waals surface area contributed by atoms with Gasteiger partial charge in [0.05, 0.1) is 77.2 Å². The number of aliphatic carboxylic acids is 1. The molecule has 0 aliphatic carbocycles. The van der Waals surface area contributed by atoms with Gasteiger partial charge in [0.2, 0.25) is 23.6 Å². The van der Waals surface area contributed by atoms with Crippen LogP contribution in [0, 0.1) is 0 Å². The fourth-order valence-electron chi connectivity index (χ4n) is 16.6. The Morgan fingerprint density at radius 1 is 0.366 bits per heavy atom. The number of rotatable bonds is 35. The zero-order chi connectivity index (χ0) is 97.1. The molecule has 131 heavy (non-hydrogen) atoms. The number of carbonyl (C=O) groups excluding carboxylic acids is 4. The predicted octanol–water partition coefficient (Wildman–Crippen LogP) is -21.1. The third-order valence-corrected chi connectivity index (χ3v) is 24.0. The molecule has 10 fully saturated rings. The molecule has 60 heteroatoms. The maximum atomic E-state index is 13.8. The van der Waals surface area contributed by atoms with Crippen LogP contribution < -0.4 is 21.3 Å². The molecule has 59 nitrogen and oxygen atoms in total. The molecule has 758 valence electrons. The van der Waals surface area contributed by atoms with E-state index < -0.39 is 412 Å². The molecule has 10 aliphatic heterocycles. The number of amides is 4. The van der Waals surface area contributed by atoms with Crippen molar-refractivity contribution in [1.82, 2.24) is 21.3 Å². The van der Waals surface area contributed by atoms with Gasteiger partial charge in [0.25, 0.3) is 5.79 Å². The number of carboxylic acids is 1. The first kappa shape index (κ1) is 108. The summed E-state index contributed by atoms with van der Waals surface area (Å²) in [7, 11) is -5.79. The van der Waals surface area contributed by atoms with Crippen LogP contribution in [0.25, 0.3) is 0 Å². The summed E-state index contributed by atoms with van der Waals surface area (Å²) in [6.45, 7) is -4.07. The van der Waals surface area contributed by atoms with Gasteiger partial charge in [-0.15, -0.1) is 0 Å². The van der Waals surface area contributed by atoms with E-state index in [1.165, 1.54) is 6.92 Å². The lowest BCUT2D eigenvalue weighted by molar-refractivity contribution is -0.406. The maximum Gasteiger partial charge on any atom is 0.397 e. The van der Waals surface area contributed by atoms with Crippen LogP contribution in [0.15, 0.2) is 0 Å². The largest absolute Gasteiger partial charge is 0.477 e. The molecule has 51 atom stereocenters. The number of hydrogen-bond acceptors (Lipinski definition) is 53. The summed E-state index contributed by atoms with van der Waals surface area (Å²) in [5.74, 6) is -9.76. The monoisotopic (exact) mass is 1940 g/mol. The Morgan fingerprint density at radius 3 is 1.30 bits per heavy atom. The third-order valence-electron chi connectivity index (χ3n) is 23.5. The second-order valence-corrected chi connectivity index (χ2v) is 34.0. The van der Waals surface area contributed by atoms with Crippen molar-refractivity contribution in [3.63, 3.8) is 0 Å². The first-order valence-corrected chi connectivity index (χ1v) is 42.5. The lowest BCUT2D eigenvalue weighted by atomic mass is 9.88. The van der Waals surface area contributed by atoms with Gasteiger partial charge in [-0.25, -0.2) is 8.98 Å². The van der Waals surface area contributed by atoms with E-state index in [2.05, 4.69) is 21.3 Å². The molecule has 10 saturated heterocycles. The van der Waals surface area contributed by atoms with Crippen LogP contribution in [0.4, 0.5) is 0 Å². The van der Waals surface area contributed by atoms with Gasteiger partial charge < -0.3 is 249 Å². The molecule has 10 heterocycles. The molecule has 0 aromatic rings. The molecule has 32 N–H and O–H groups in total. The maximum absolute atomic E-state index is 13.8. The molecule has 10 aliphatic rings. The Labute approximate surface area is 741 Å². The molecule has 0 saturated carbocycles. The number of nitrogens with one attached hydrogen (secondary N) is 4. The van der Waals surface area contributed by atoms with Gasteiger partial charge in [-0.05, 0) is 13.8 Å². The predicted molar refractivity (Wildman–Crippen MR) is 401 cm³/mol. The van der Waals surface area contributed by atoms with Gasteiger partial charge in [0, 0.05) is 34.1 Å². The molecule has 10 rings (SSSR count). The molecule has 0 bridgehead atoms. The summed E-state index contributed by atoms with van der Waals surface area (Å²) in [5, 5.41) is 313. The summed E-state index contributed by atoms with van der Waals surface area (Å²) in [4.78, 5) is 65.4. The number of hydrogen-bond donors (Lipinski definition) is 32. The zero-order valence-electron chi connectivity index (χ0n) is 70.2. The lowest BCUT2D eigenvalue weighted by Crippen LogP contribution is -2.72. The summed E-state index contributed by atoms with van der Waals surface area (Å²) in [6.07, 6.45) is -104. The van der Waals surface area contributed by atoms with E-state index in [4.69, 9.17) is 94.2 Å². The van der Waals surface area contributed by atoms with E-state index in [-0.39, 0.29) is 0 Å².